The lowest BCUT2D eigenvalue weighted by molar-refractivity contribution is 0.407. The number of imidazole rings is 1. The molecule has 6 nitrogen and oxygen atoms in total. The third kappa shape index (κ3) is 3.09. The molecule has 1 saturated heterocycles. The molecule has 144 valence electrons. The van der Waals surface area contributed by atoms with Gasteiger partial charge in [-0.05, 0) is 32.0 Å². The third-order valence-corrected chi connectivity index (χ3v) is 6.16. The van der Waals surface area contributed by atoms with Crippen LogP contribution in [0.5, 0.6) is 0 Å². The quantitative estimate of drug-likeness (QED) is 0.502. The second-order valence-corrected chi connectivity index (χ2v) is 9.04. The van der Waals surface area contributed by atoms with Gasteiger partial charge < -0.3 is 14.6 Å². The Hall–Kier alpha value is -2.35. The van der Waals surface area contributed by atoms with Crippen LogP contribution in [0.25, 0.3) is 27.2 Å². The summed E-state index contributed by atoms with van der Waals surface area (Å²) in [6.45, 7) is 6.20. The summed E-state index contributed by atoms with van der Waals surface area (Å²) in [6.07, 6.45) is 3.58. The van der Waals surface area contributed by atoms with E-state index in [4.69, 9.17) is 16.0 Å². The number of anilines is 1. The van der Waals surface area contributed by atoms with E-state index < -0.39 is 0 Å². The Kier molecular flexibility index (Phi) is 4.19. The van der Waals surface area contributed by atoms with E-state index in [1.165, 1.54) is 11.3 Å². The SMILES string of the molecule is CC1CN(c2ccc3cc(-c4cn5cc(Cl)sc5n4)c(=O)oc3c2)CC(C)N1. The summed E-state index contributed by atoms with van der Waals surface area (Å²) in [5, 5.41) is 4.41. The molecule has 1 aliphatic rings. The number of benzene rings is 1. The highest BCUT2D eigenvalue weighted by Crippen LogP contribution is 2.28. The molecule has 4 heterocycles. The number of aromatic nitrogens is 2. The molecule has 8 heteroatoms. The minimum atomic E-state index is -0.386. The highest BCUT2D eigenvalue weighted by Gasteiger charge is 2.22. The number of rotatable bonds is 2. The van der Waals surface area contributed by atoms with E-state index in [1.807, 2.05) is 22.6 Å². The molecule has 1 fully saturated rings. The Morgan fingerprint density at radius 3 is 2.75 bits per heavy atom. The van der Waals surface area contributed by atoms with Gasteiger partial charge >= 0.3 is 5.63 Å². The average Bonchev–Trinajstić information content (AvgIpc) is 3.17. The largest absolute Gasteiger partial charge is 0.422 e. The highest BCUT2D eigenvalue weighted by molar-refractivity contribution is 7.20. The molecule has 28 heavy (non-hydrogen) atoms. The Morgan fingerprint density at radius 2 is 2.00 bits per heavy atom. The van der Waals surface area contributed by atoms with Crippen molar-refractivity contribution in [3.63, 3.8) is 0 Å². The predicted molar refractivity (Wildman–Crippen MR) is 114 cm³/mol. The van der Waals surface area contributed by atoms with Crippen LogP contribution in [-0.2, 0) is 0 Å². The Morgan fingerprint density at radius 1 is 1.21 bits per heavy atom. The number of thiazole rings is 1. The minimum Gasteiger partial charge on any atom is -0.422 e. The fraction of sp³-hybridized carbons (Fsp3) is 0.300. The van der Waals surface area contributed by atoms with Gasteiger partial charge in [-0.3, -0.25) is 4.40 Å². The molecular formula is C20H19ClN4O2S. The molecule has 0 aliphatic carbocycles. The van der Waals surface area contributed by atoms with Crippen molar-refractivity contribution in [2.24, 2.45) is 0 Å². The van der Waals surface area contributed by atoms with Crippen molar-refractivity contribution in [2.45, 2.75) is 25.9 Å². The molecule has 0 radical (unpaired) electrons. The van der Waals surface area contributed by atoms with E-state index in [-0.39, 0.29) is 5.63 Å². The Bertz CT molecular complexity index is 1200. The first kappa shape index (κ1) is 17.7. The standard InChI is InChI=1S/C20H19ClN4O2S/c1-11-7-24(8-12(2)22-11)14-4-3-13-5-15(19(26)27-17(13)6-14)16-9-25-10-18(21)28-20(25)23-16/h3-6,9-12,22H,7-8H2,1-2H3. The fourth-order valence-corrected chi connectivity index (χ4v) is 4.92. The van der Waals surface area contributed by atoms with Gasteiger partial charge in [0.05, 0.1) is 11.3 Å². The number of nitrogens with zero attached hydrogens (tertiary/aromatic N) is 3. The van der Waals surface area contributed by atoms with Gasteiger partial charge in [-0.25, -0.2) is 9.78 Å². The van der Waals surface area contributed by atoms with E-state index in [0.29, 0.717) is 33.3 Å². The van der Waals surface area contributed by atoms with Gasteiger partial charge in [0.1, 0.15) is 9.92 Å². The van der Waals surface area contributed by atoms with Gasteiger partial charge in [-0.1, -0.05) is 22.9 Å². The second kappa shape index (κ2) is 6.62. The lowest BCUT2D eigenvalue weighted by Gasteiger charge is -2.37. The van der Waals surface area contributed by atoms with Crippen LogP contribution in [0.3, 0.4) is 0 Å². The molecule has 3 aromatic heterocycles. The first-order valence-electron chi connectivity index (χ1n) is 9.19. The molecule has 2 unspecified atom stereocenters. The second-order valence-electron chi connectivity index (χ2n) is 7.39. The maximum atomic E-state index is 12.6. The number of hydrogen-bond acceptors (Lipinski definition) is 6. The number of piperazine rings is 1. The van der Waals surface area contributed by atoms with Crippen LogP contribution < -0.4 is 15.8 Å². The molecule has 0 saturated carbocycles. The smallest absolute Gasteiger partial charge is 0.345 e. The van der Waals surface area contributed by atoms with E-state index in [0.717, 1.165) is 29.1 Å². The van der Waals surface area contributed by atoms with Crippen molar-refractivity contribution in [1.82, 2.24) is 14.7 Å². The van der Waals surface area contributed by atoms with Crippen LogP contribution in [0.2, 0.25) is 4.34 Å². The fourth-order valence-electron chi connectivity index (χ4n) is 3.91. The van der Waals surface area contributed by atoms with Crippen molar-refractivity contribution in [1.29, 1.82) is 0 Å². The topological polar surface area (TPSA) is 62.8 Å². The van der Waals surface area contributed by atoms with Crippen LogP contribution in [-0.4, -0.2) is 34.6 Å². The zero-order chi connectivity index (χ0) is 19.4. The van der Waals surface area contributed by atoms with E-state index in [9.17, 15) is 4.79 Å². The highest BCUT2D eigenvalue weighted by atomic mass is 35.5. The number of fused-ring (bicyclic) bond motifs is 2. The van der Waals surface area contributed by atoms with E-state index >= 15 is 0 Å². The van der Waals surface area contributed by atoms with E-state index in [1.54, 1.807) is 12.4 Å². The van der Waals surface area contributed by atoms with Crippen molar-refractivity contribution in [3.8, 4) is 11.3 Å². The molecule has 1 aromatic carbocycles. The van der Waals surface area contributed by atoms with Crippen molar-refractivity contribution < 1.29 is 4.42 Å². The zero-order valence-electron chi connectivity index (χ0n) is 15.5. The average molecular weight is 415 g/mol. The number of halogens is 1. The molecule has 4 aromatic rings. The van der Waals surface area contributed by atoms with Gasteiger partial charge in [0.15, 0.2) is 4.96 Å². The molecule has 1 aliphatic heterocycles. The maximum Gasteiger partial charge on any atom is 0.345 e. The van der Waals surface area contributed by atoms with Crippen LogP contribution >= 0.6 is 22.9 Å². The molecule has 0 spiro atoms. The van der Waals surface area contributed by atoms with Gasteiger partial charge in [-0.2, -0.15) is 0 Å². The van der Waals surface area contributed by atoms with E-state index in [2.05, 4.69) is 35.1 Å². The first-order chi connectivity index (χ1) is 13.5. The molecule has 1 N–H and O–H groups in total. The lowest BCUT2D eigenvalue weighted by Crippen LogP contribution is -2.54. The van der Waals surface area contributed by atoms with Gasteiger partial charge in [0.2, 0.25) is 0 Å². The summed E-state index contributed by atoms with van der Waals surface area (Å²) in [4.78, 5) is 20.2. The van der Waals surface area contributed by atoms with Gasteiger partial charge in [-0.15, -0.1) is 0 Å². The molecular weight excluding hydrogens is 396 g/mol. The molecule has 2 atom stereocenters. The van der Waals surface area contributed by atoms with Crippen LogP contribution in [0.15, 0.2) is 45.9 Å². The molecule has 0 amide bonds. The number of nitrogens with one attached hydrogen (secondary N) is 1. The van der Waals surface area contributed by atoms with Crippen molar-refractivity contribution in [3.05, 3.63) is 51.4 Å². The maximum absolute atomic E-state index is 12.6. The minimum absolute atomic E-state index is 0.386. The first-order valence-corrected chi connectivity index (χ1v) is 10.4. The Balaban J connectivity index is 1.54. The molecule has 0 bridgehead atoms. The Labute approximate surface area is 170 Å². The number of hydrogen-bond donors (Lipinski definition) is 1. The predicted octanol–water partition coefficient (Wildman–Crippen LogP) is 4.01. The summed E-state index contributed by atoms with van der Waals surface area (Å²) in [6, 6.07) is 8.72. The van der Waals surface area contributed by atoms with Crippen molar-refractivity contribution >= 4 is 44.6 Å². The summed E-state index contributed by atoms with van der Waals surface area (Å²) in [7, 11) is 0. The van der Waals surface area contributed by atoms with Crippen LogP contribution in [0.1, 0.15) is 13.8 Å². The summed E-state index contributed by atoms with van der Waals surface area (Å²) in [5.41, 5.74) is 2.32. The monoisotopic (exact) mass is 414 g/mol. The van der Waals surface area contributed by atoms with Gasteiger partial charge in [0.25, 0.3) is 0 Å². The van der Waals surface area contributed by atoms with Crippen LogP contribution in [0.4, 0.5) is 5.69 Å². The molecule has 5 rings (SSSR count). The summed E-state index contributed by atoms with van der Waals surface area (Å²) >= 11 is 7.37. The summed E-state index contributed by atoms with van der Waals surface area (Å²) in [5.74, 6) is 0. The lowest BCUT2D eigenvalue weighted by atomic mass is 10.1. The van der Waals surface area contributed by atoms with Gasteiger partial charge in [0, 0.05) is 54.7 Å². The normalized spacial score (nSPS) is 20.3. The van der Waals surface area contributed by atoms with Crippen molar-refractivity contribution in [2.75, 3.05) is 18.0 Å². The van der Waals surface area contributed by atoms with Crippen LogP contribution in [0, 0.1) is 0 Å². The zero-order valence-corrected chi connectivity index (χ0v) is 17.0. The summed E-state index contributed by atoms with van der Waals surface area (Å²) < 4.78 is 8.14. The third-order valence-electron chi connectivity index (χ3n) is 5.05.